The predicted molar refractivity (Wildman–Crippen MR) is 102 cm³/mol. The lowest BCUT2D eigenvalue weighted by Gasteiger charge is -2.18. The van der Waals surface area contributed by atoms with Gasteiger partial charge >= 0.3 is 6.09 Å². The zero-order valence-corrected chi connectivity index (χ0v) is 16.8. The number of nitrogens with one attached hydrogen (secondary N) is 3. The van der Waals surface area contributed by atoms with Gasteiger partial charge in [-0.2, -0.15) is 0 Å². The van der Waals surface area contributed by atoms with Gasteiger partial charge in [0.15, 0.2) is 5.76 Å². The van der Waals surface area contributed by atoms with Gasteiger partial charge in [0.25, 0.3) is 15.9 Å². The number of carbonyl (C=O) groups excluding carboxylic acids is 2. The standard InChI is InChI=1S/C18H23N3O6S/c1-18(2,3)21-28(24,25)15-10-9-14(27-15)16(22)19-11-12-5-7-13(8-6-12)20-17(23)26-4/h5-10,21H,11H2,1-4H3,(H,19,22)(H,20,23). The molecule has 0 fully saturated rings. The normalized spacial score (nSPS) is 11.7. The molecule has 28 heavy (non-hydrogen) atoms. The number of sulfonamides is 1. The molecule has 0 saturated carbocycles. The molecule has 1 aromatic heterocycles. The number of benzene rings is 1. The molecular formula is C18H23N3O6S. The highest BCUT2D eigenvalue weighted by atomic mass is 32.2. The molecule has 3 N–H and O–H groups in total. The van der Waals surface area contributed by atoms with Crippen LogP contribution in [0.2, 0.25) is 0 Å². The quantitative estimate of drug-likeness (QED) is 0.673. The predicted octanol–water partition coefficient (Wildman–Crippen LogP) is 2.46. The summed E-state index contributed by atoms with van der Waals surface area (Å²) in [7, 11) is -2.59. The van der Waals surface area contributed by atoms with E-state index in [-0.39, 0.29) is 17.4 Å². The number of amides is 2. The SMILES string of the molecule is COC(=O)Nc1ccc(CNC(=O)c2ccc(S(=O)(=O)NC(C)(C)C)o2)cc1. The van der Waals surface area contributed by atoms with Crippen LogP contribution < -0.4 is 15.4 Å². The van der Waals surface area contributed by atoms with Crippen molar-refractivity contribution in [1.82, 2.24) is 10.0 Å². The van der Waals surface area contributed by atoms with Crippen LogP contribution in [0.5, 0.6) is 0 Å². The summed E-state index contributed by atoms with van der Waals surface area (Å²) in [6.45, 7) is 5.30. The summed E-state index contributed by atoms with van der Waals surface area (Å²) < 4.78 is 36.6. The number of rotatable bonds is 6. The molecule has 0 unspecified atom stereocenters. The number of anilines is 1. The molecule has 1 heterocycles. The summed E-state index contributed by atoms with van der Waals surface area (Å²) in [4.78, 5) is 23.3. The maximum atomic E-state index is 12.2. The largest absolute Gasteiger partial charge is 0.453 e. The fourth-order valence-corrected chi connectivity index (χ4v) is 3.54. The van der Waals surface area contributed by atoms with E-state index >= 15 is 0 Å². The third-order valence-electron chi connectivity index (χ3n) is 3.35. The minimum Gasteiger partial charge on any atom is -0.453 e. The van der Waals surface area contributed by atoms with E-state index < -0.39 is 27.6 Å². The minimum absolute atomic E-state index is 0.113. The van der Waals surface area contributed by atoms with Crippen LogP contribution in [0.1, 0.15) is 36.9 Å². The lowest BCUT2D eigenvalue weighted by molar-refractivity contribution is 0.0917. The van der Waals surface area contributed by atoms with Crippen LogP contribution in [0.15, 0.2) is 45.9 Å². The first-order valence-corrected chi connectivity index (χ1v) is 9.84. The van der Waals surface area contributed by atoms with Crippen molar-refractivity contribution >= 4 is 27.7 Å². The van der Waals surface area contributed by atoms with Gasteiger partial charge in [-0.1, -0.05) is 12.1 Å². The Morgan fingerprint density at radius 3 is 2.29 bits per heavy atom. The molecule has 0 aliphatic carbocycles. The molecule has 0 aliphatic heterocycles. The van der Waals surface area contributed by atoms with E-state index in [4.69, 9.17) is 4.42 Å². The lowest BCUT2D eigenvalue weighted by atomic mass is 10.1. The number of methoxy groups -OCH3 is 1. The fraction of sp³-hybridized carbons (Fsp3) is 0.333. The molecule has 0 saturated heterocycles. The van der Waals surface area contributed by atoms with Gasteiger partial charge in [0.05, 0.1) is 7.11 Å². The average Bonchev–Trinajstić information content (AvgIpc) is 3.10. The van der Waals surface area contributed by atoms with Crippen molar-refractivity contribution in [3.8, 4) is 0 Å². The van der Waals surface area contributed by atoms with Crippen LogP contribution in [-0.4, -0.2) is 33.1 Å². The van der Waals surface area contributed by atoms with E-state index in [1.807, 2.05) is 0 Å². The third-order valence-corrected chi connectivity index (χ3v) is 4.98. The number of hydrogen-bond donors (Lipinski definition) is 3. The van der Waals surface area contributed by atoms with Crippen LogP contribution in [-0.2, 0) is 21.3 Å². The van der Waals surface area contributed by atoms with E-state index in [9.17, 15) is 18.0 Å². The third kappa shape index (κ3) is 6.10. The molecule has 2 aromatic rings. The zero-order chi connectivity index (χ0) is 20.9. The molecule has 2 amide bonds. The molecule has 9 nitrogen and oxygen atoms in total. The Bertz CT molecular complexity index is 942. The van der Waals surface area contributed by atoms with Gasteiger partial charge in [0, 0.05) is 17.8 Å². The number of furan rings is 1. The maximum Gasteiger partial charge on any atom is 0.411 e. The van der Waals surface area contributed by atoms with Crippen molar-refractivity contribution in [3.63, 3.8) is 0 Å². The lowest BCUT2D eigenvalue weighted by Crippen LogP contribution is -2.40. The Labute approximate surface area is 163 Å². The summed E-state index contributed by atoms with van der Waals surface area (Å²) in [6, 6.07) is 9.29. The number of hydrogen-bond acceptors (Lipinski definition) is 6. The molecule has 0 aliphatic rings. The summed E-state index contributed by atoms with van der Waals surface area (Å²) in [6.07, 6.45) is -0.578. The fourth-order valence-electron chi connectivity index (χ4n) is 2.18. The molecule has 1 aromatic carbocycles. The zero-order valence-electron chi connectivity index (χ0n) is 16.0. The molecule has 0 bridgehead atoms. The molecule has 152 valence electrons. The van der Waals surface area contributed by atoms with Gasteiger partial charge in [0.2, 0.25) is 5.09 Å². The summed E-state index contributed by atoms with van der Waals surface area (Å²) in [5, 5.41) is 4.83. The van der Waals surface area contributed by atoms with Gasteiger partial charge in [-0.3, -0.25) is 10.1 Å². The van der Waals surface area contributed by atoms with Crippen LogP contribution in [0.25, 0.3) is 0 Å². The van der Waals surface area contributed by atoms with Crippen molar-refractivity contribution < 1.29 is 27.2 Å². The van der Waals surface area contributed by atoms with Crippen molar-refractivity contribution in [1.29, 1.82) is 0 Å². The second-order valence-electron chi connectivity index (χ2n) is 6.97. The number of ether oxygens (including phenoxy) is 1. The highest BCUT2D eigenvalue weighted by Gasteiger charge is 2.26. The van der Waals surface area contributed by atoms with Crippen molar-refractivity contribution in [2.45, 2.75) is 37.9 Å². The minimum atomic E-state index is -3.86. The molecule has 10 heteroatoms. The van der Waals surface area contributed by atoms with Gasteiger partial charge < -0.3 is 14.5 Å². The highest BCUT2D eigenvalue weighted by Crippen LogP contribution is 2.17. The van der Waals surface area contributed by atoms with Crippen LogP contribution in [0.3, 0.4) is 0 Å². The van der Waals surface area contributed by atoms with E-state index in [1.54, 1.807) is 45.0 Å². The van der Waals surface area contributed by atoms with Crippen LogP contribution >= 0.6 is 0 Å². The molecule has 0 radical (unpaired) electrons. The summed E-state index contributed by atoms with van der Waals surface area (Å²) in [5.41, 5.74) is 0.648. The van der Waals surface area contributed by atoms with Gasteiger partial charge in [-0.15, -0.1) is 0 Å². The van der Waals surface area contributed by atoms with Crippen molar-refractivity contribution in [2.75, 3.05) is 12.4 Å². The smallest absolute Gasteiger partial charge is 0.411 e. The summed E-state index contributed by atoms with van der Waals surface area (Å²) in [5.74, 6) is -0.660. The summed E-state index contributed by atoms with van der Waals surface area (Å²) >= 11 is 0. The van der Waals surface area contributed by atoms with Gasteiger partial charge in [-0.25, -0.2) is 17.9 Å². The average molecular weight is 409 g/mol. The van der Waals surface area contributed by atoms with E-state index in [0.717, 1.165) is 5.56 Å². The van der Waals surface area contributed by atoms with Gasteiger partial charge in [-0.05, 0) is 50.6 Å². The first-order valence-electron chi connectivity index (χ1n) is 8.36. The van der Waals surface area contributed by atoms with E-state index in [1.165, 1.54) is 19.2 Å². The second-order valence-corrected chi connectivity index (χ2v) is 8.58. The Morgan fingerprint density at radius 1 is 1.07 bits per heavy atom. The Hall–Kier alpha value is -2.85. The topological polar surface area (TPSA) is 127 Å². The Kier molecular flexibility index (Phi) is 6.47. The Balaban J connectivity index is 1.97. The molecule has 0 atom stereocenters. The monoisotopic (exact) mass is 409 g/mol. The first kappa shape index (κ1) is 21.5. The number of carbonyl (C=O) groups is 2. The van der Waals surface area contributed by atoms with E-state index in [0.29, 0.717) is 5.69 Å². The van der Waals surface area contributed by atoms with Crippen LogP contribution in [0, 0.1) is 0 Å². The maximum absolute atomic E-state index is 12.2. The van der Waals surface area contributed by atoms with Gasteiger partial charge in [0.1, 0.15) is 0 Å². The highest BCUT2D eigenvalue weighted by molar-refractivity contribution is 7.89. The second kappa shape index (κ2) is 8.44. The van der Waals surface area contributed by atoms with E-state index in [2.05, 4.69) is 20.1 Å². The van der Waals surface area contributed by atoms with Crippen LogP contribution in [0.4, 0.5) is 10.5 Å². The van der Waals surface area contributed by atoms with Crippen molar-refractivity contribution in [2.24, 2.45) is 0 Å². The Morgan fingerprint density at radius 2 is 1.71 bits per heavy atom. The van der Waals surface area contributed by atoms with Crippen molar-refractivity contribution in [3.05, 3.63) is 47.7 Å². The first-order chi connectivity index (χ1) is 13.0. The molecular weight excluding hydrogens is 386 g/mol. The molecule has 2 rings (SSSR count). The molecule has 0 spiro atoms.